The molecular formula is C6H9ClF2N4OS. The third-order valence-corrected chi connectivity index (χ3v) is 1.88. The lowest BCUT2D eigenvalue weighted by molar-refractivity contribution is 0.0118. The number of rotatable bonds is 4. The Hall–Kier alpha value is -0.860. The Morgan fingerprint density at radius 1 is 1.67 bits per heavy atom. The maximum atomic E-state index is 12.6. The third-order valence-electron chi connectivity index (χ3n) is 1.40. The molecule has 9 heteroatoms. The first-order valence-electron chi connectivity index (χ1n) is 3.69. The van der Waals surface area contributed by atoms with E-state index in [1.165, 1.54) is 6.20 Å². The highest BCUT2D eigenvalue weighted by atomic mass is 35.5. The molecule has 1 amide bonds. The Balaban J connectivity index is 0.00000196. The zero-order valence-corrected chi connectivity index (χ0v) is 9.08. The number of alkyl halides is 2. The lowest BCUT2D eigenvalue weighted by Crippen LogP contribution is -2.41. The van der Waals surface area contributed by atoms with Crippen LogP contribution in [0.3, 0.4) is 0 Å². The van der Waals surface area contributed by atoms with Gasteiger partial charge < -0.3 is 11.1 Å². The second-order valence-electron chi connectivity index (χ2n) is 2.54. The molecule has 86 valence electrons. The van der Waals surface area contributed by atoms with Crippen LogP contribution in [-0.2, 0) is 0 Å². The lowest BCUT2D eigenvalue weighted by Gasteiger charge is -2.13. The summed E-state index contributed by atoms with van der Waals surface area (Å²) in [4.78, 5) is 11.1. The van der Waals surface area contributed by atoms with Gasteiger partial charge in [-0.05, 0) is 0 Å². The second-order valence-corrected chi connectivity index (χ2v) is 3.09. The van der Waals surface area contributed by atoms with Crippen molar-refractivity contribution in [3.8, 4) is 0 Å². The standard InChI is InChI=1S/C6H8F2N4OS.ClH/c7-6(8,2-9)3-10-5(13)4-1-11-14-12-4;/h1H,2-3,9H2,(H,10,13);1H. The van der Waals surface area contributed by atoms with Gasteiger partial charge >= 0.3 is 0 Å². The fraction of sp³-hybridized carbons (Fsp3) is 0.500. The molecule has 0 atom stereocenters. The summed E-state index contributed by atoms with van der Waals surface area (Å²) >= 11 is 0.834. The average molecular weight is 259 g/mol. The molecule has 0 radical (unpaired) electrons. The lowest BCUT2D eigenvalue weighted by atomic mass is 10.3. The summed E-state index contributed by atoms with van der Waals surface area (Å²) < 4.78 is 32.3. The molecule has 1 rings (SSSR count). The Morgan fingerprint density at radius 2 is 2.33 bits per heavy atom. The average Bonchev–Trinajstić information content (AvgIpc) is 2.67. The number of hydrogen-bond acceptors (Lipinski definition) is 5. The van der Waals surface area contributed by atoms with Crippen molar-refractivity contribution in [1.29, 1.82) is 0 Å². The molecule has 0 aromatic carbocycles. The summed E-state index contributed by atoms with van der Waals surface area (Å²) in [5, 5.41) is 2.01. The highest BCUT2D eigenvalue weighted by molar-refractivity contribution is 6.99. The maximum Gasteiger partial charge on any atom is 0.277 e. The molecule has 0 aliphatic carbocycles. The molecule has 5 nitrogen and oxygen atoms in total. The van der Waals surface area contributed by atoms with Crippen LogP contribution >= 0.6 is 24.1 Å². The van der Waals surface area contributed by atoms with E-state index in [1.54, 1.807) is 0 Å². The predicted molar refractivity (Wildman–Crippen MR) is 53.5 cm³/mol. The van der Waals surface area contributed by atoms with Crippen molar-refractivity contribution in [1.82, 2.24) is 14.1 Å². The van der Waals surface area contributed by atoms with Gasteiger partial charge in [-0.15, -0.1) is 12.4 Å². The van der Waals surface area contributed by atoms with Crippen molar-refractivity contribution in [3.05, 3.63) is 11.9 Å². The summed E-state index contributed by atoms with van der Waals surface area (Å²) in [5.41, 5.74) is 4.81. The van der Waals surface area contributed by atoms with Crippen LogP contribution < -0.4 is 11.1 Å². The first kappa shape index (κ1) is 14.1. The van der Waals surface area contributed by atoms with Crippen molar-refractivity contribution in [3.63, 3.8) is 0 Å². The van der Waals surface area contributed by atoms with Gasteiger partial charge in [0, 0.05) is 0 Å². The molecule has 0 bridgehead atoms. The number of nitrogens with two attached hydrogens (primary N) is 1. The van der Waals surface area contributed by atoms with Crippen LogP contribution in [-0.4, -0.2) is 33.7 Å². The van der Waals surface area contributed by atoms with Crippen LogP contribution in [0.2, 0.25) is 0 Å². The molecule has 1 aromatic rings. The summed E-state index contributed by atoms with van der Waals surface area (Å²) in [6.07, 6.45) is 1.21. The molecule has 0 unspecified atom stereocenters. The van der Waals surface area contributed by atoms with E-state index >= 15 is 0 Å². The van der Waals surface area contributed by atoms with E-state index < -0.39 is 24.9 Å². The number of nitrogens with zero attached hydrogens (tertiary/aromatic N) is 2. The van der Waals surface area contributed by atoms with E-state index in [0.717, 1.165) is 11.7 Å². The van der Waals surface area contributed by atoms with Gasteiger partial charge in [-0.25, -0.2) is 8.78 Å². The molecule has 0 saturated heterocycles. The molecule has 0 aliphatic rings. The van der Waals surface area contributed by atoms with Crippen LogP contribution in [0, 0.1) is 0 Å². The molecule has 1 heterocycles. The van der Waals surface area contributed by atoms with Gasteiger partial charge in [-0.2, -0.15) is 8.75 Å². The van der Waals surface area contributed by atoms with Crippen LogP contribution in [0.15, 0.2) is 6.20 Å². The van der Waals surface area contributed by atoms with Gasteiger partial charge in [-0.3, -0.25) is 4.79 Å². The van der Waals surface area contributed by atoms with Crippen molar-refractivity contribution < 1.29 is 13.6 Å². The first-order valence-corrected chi connectivity index (χ1v) is 4.42. The number of aromatic nitrogens is 2. The summed E-state index contributed by atoms with van der Waals surface area (Å²) in [5.74, 6) is -3.76. The van der Waals surface area contributed by atoms with E-state index in [-0.39, 0.29) is 18.1 Å². The Morgan fingerprint density at radius 3 is 2.80 bits per heavy atom. The third kappa shape index (κ3) is 4.45. The van der Waals surface area contributed by atoms with Crippen molar-refractivity contribution in [2.45, 2.75) is 5.92 Å². The van der Waals surface area contributed by atoms with Gasteiger partial charge in [0.15, 0.2) is 5.69 Å². The van der Waals surface area contributed by atoms with Crippen LogP contribution in [0.5, 0.6) is 0 Å². The van der Waals surface area contributed by atoms with Crippen molar-refractivity contribution in [2.24, 2.45) is 5.73 Å². The fourth-order valence-electron chi connectivity index (χ4n) is 0.637. The molecular weight excluding hydrogens is 250 g/mol. The maximum absolute atomic E-state index is 12.6. The Labute approximate surface area is 94.8 Å². The number of hydrogen-bond donors (Lipinski definition) is 2. The minimum Gasteiger partial charge on any atom is -0.345 e. The molecule has 0 spiro atoms. The molecule has 0 fully saturated rings. The van der Waals surface area contributed by atoms with E-state index in [2.05, 4.69) is 8.75 Å². The number of carbonyl (C=O) groups is 1. The van der Waals surface area contributed by atoms with Gasteiger partial charge in [0.05, 0.1) is 31.0 Å². The number of halogens is 3. The number of carbonyl (C=O) groups excluding carboxylic acids is 1. The highest BCUT2D eigenvalue weighted by Crippen LogP contribution is 2.08. The predicted octanol–water partition coefficient (Wildman–Crippen LogP) is 0.284. The minimum atomic E-state index is -3.08. The van der Waals surface area contributed by atoms with Crippen LogP contribution in [0.4, 0.5) is 8.78 Å². The largest absolute Gasteiger partial charge is 0.345 e. The molecule has 0 aliphatic heterocycles. The normalized spacial score (nSPS) is 10.6. The summed E-state index contributed by atoms with van der Waals surface area (Å²) in [6.45, 7) is -1.59. The van der Waals surface area contributed by atoms with Crippen LogP contribution in [0.1, 0.15) is 10.5 Å². The summed E-state index contributed by atoms with van der Waals surface area (Å²) in [6, 6.07) is 0. The molecule has 15 heavy (non-hydrogen) atoms. The van der Waals surface area contributed by atoms with Crippen molar-refractivity contribution in [2.75, 3.05) is 13.1 Å². The smallest absolute Gasteiger partial charge is 0.277 e. The van der Waals surface area contributed by atoms with E-state index in [4.69, 9.17) is 5.73 Å². The monoisotopic (exact) mass is 258 g/mol. The van der Waals surface area contributed by atoms with Crippen LogP contribution in [0.25, 0.3) is 0 Å². The van der Waals surface area contributed by atoms with E-state index in [9.17, 15) is 13.6 Å². The summed E-state index contributed by atoms with van der Waals surface area (Å²) in [7, 11) is 0. The second kappa shape index (κ2) is 5.89. The fourth-order valence-corrected chi connectivity index (χ4v) is 1.05. The topological polar surface area (TPSA) is 80.9 Å². The van der Waals surface area contributed by atoms with Gasteiger partial charge in [0.2, 0.25) is 0 Å². The van der Waals surface area contributed by atoms with Gasteiger partial charge in [-0.1, -0.05) is 0 Å². The quantitative estimate of drug-likeness (QED) is 0.813. The first-order chi connectivity index (χ1) is 6.55. The Kier molecular flexibility index (Phi) is 5.55. The number of amides is 1. The van der Waals surface area contributed by atoms with E-state index in [1.807, 2.05) is 5.32 Å². The van der Waals surface area contributed by atoms with Crippen molar-refractivity contribution >= 4 is 30.0 Å². The molecule has 3 N–H and O–H groups in total. The molecule has 1 aromatic heterocycles. The van der Waals surface area contributed by atoms with Gasteiger partial charge in [0.25, 0.3) is 11.8 Å². The molecule has 0 saturated carbocycles. The SMILES string of the molecule is Cl.NCC(F)(F)CNC(=O)c1cnsn1. The van der Waals surface area contributed by atoms with E-state index in [0.29, 0.717) is 0 Å². The highest BCUT2D eigenvalue weighted by Gasteiger charge is 2.27. The Bertz CT molecular complexity index is 308. The minimum absolute atomic E-state index is 0. The zero-order chi connectivity index (χ0) is 10.6. The van der Waals surface area contributed by atoms with Gasteiger partial charge in [0.1, 0.15) is 0 Å². The number of nitrogens with one attached hydrogen (secondary N) is 1. The zero-order valence-electron chi connectivity index (χ0n) is 7.44.